The standard InChI is InChI=1S/C34H40N6O5S/c1-20-16-27(46(44,45)40-25-10-11-25)13-15-28(20)23-6-2-21(3-7-23)17-31(37-32(41)24-8-4-22(19-35)5-9-24)34(43)36-26-12-14-29-30(18-26)38-39-33(29)42/h2-3,6-7,12-16,18,22,24-25,31,40H,4-5,8-11,17,19,35H2,1H3,(H,36,43)(H,37,41)(H2,38,39,42)/t22-,24-,31-/m0/s1. The number of nitrogens with two attached hydrogens (primary N) is 1. The molecule has 1 atom stereocenters. The van der Waals surface area contributed by atoms with Gasteiger partial charge in [0.15, 0.2) is 0 Å². The zero-order valence-corrected chi connectivity index (χ0v) is 26.6. The molecule has 12 heteroatoms. The van der Waals surface area contributed by atoms with Crippen LogP contribution in [0.4, 0.5) is 5.69 Å². The number of nitrogens with one attached hydrogen (secondary N) is 5. The summed E-state index contributed by atoms with van der Waals surface area (Å²) in [6, 6.07) is 17.0. The van der Waals surface area contributed by atoms with Gasteiger partial charge in [-0.05, 0) is 110 Å². The summed E-state index contributed by atoms with van der Waals surface area (Å²) < 4.78 is 28.1. The average molecular weight is 645 g/mol. The second-order valence-electron chi connectivity index (χ2n) is 12.6. The monoisotopic (exact) mass is 644 g/mol. The molecule has 46 heavy (non-hydrogen) atoms. The molecule has 2 amide bonds. The van der Waals surface area contributed by atoms with E-state index >= 15 is 0 Å². The molecule has 0 radical (unpaired) electrons. The maximum Gasteiger partial charge on any atom is 0.271 e. The van der Waals surface area contributed by atoms with E-state index in [1.54, 1.807) is 30.3 Å². The Morgan fingerprint density at radius 2 is 1.67 bits per heavy atom. The van der Waals surface area contributed by atoms with E-state index in [-0.39, 0.29) is 40.6 Å². The Morgan fingerprint density at radius 1 is 0.935 bits per heavy atom. The lowest BCUT2D eigenvalue weighted by Crippen LogP contribution is -2.48. The van der Waals surface area contributed by atoms with Gasteiger partial charge in [-0.1, -0.05) is 30.3 Å². The van der Waals surface area contributed by atoms with Gasteiger partial charge >= 0.3 is 0 Å². The molecule has 2 fully saturated rings. The van der Waals surface area contributed by atoms with Crippen LogP contribution in [0.25, 0.3) is 22.0 Å². The molecule has 0 bridgehead atoms. The SMILES string of the molecule is Cc1cc(S(=O)(=O)NC2CC2)ccc1-c1ccc(C[C@H](NC(=O)[C@H]2CC[C@H](CN)CC2)C(=O)Nc2ccc3c(=O)[nH][nH]c3c2)cc1. The minimum atomic E-state index is -3.55. The summed E-state index contributed by atoms with van der Waals surface area (Å²) in [7, 11) is -3.55. The average Bonchev–Trinajstić information content (AvgIpc) is 3.79. The van der Waals surface area contributed by atoms with Crippen molar-refractivity contribution in [1.29, 1.82) is 0 Å². The molecule has 0 unspecified atom stereocenters. The molecule has 11 nitrogen and oxygen atoms in total. The van der Waals surface area contributed by atoms with Crippen LogP contribution in [0, 0.1) is 18.8 Å². The van der Waals surface area contributed by atoms with Gasteiger partial charge < -0.3 is 16.4 Å². The largest absolute Gasteiger partial charge is 0.344 e. The summed E-state index contributed by atoms with van der Waals surface area (Å²) in [5.41, 5.74) is 10.2. The fraction of sp³-hybridized carbons (Fsp3) is 0.382. The van der Waals surface area contributed by atoms with E-state index in [4.69, 9.17) is 5.73 Å². The Labute approximate surface area is 267 Å². The van der Waals surface area contributed by atoms with Crippen LogP contribution in [0.1, 0.15) is 49.7 Å². The van der Waals surface area contributed by atoms with Gasteiger partial charge in [0.1, 0.15) is 6.04 Å². The van der Waals surface area contributed by atoms with Crippen LogP contribution in [-0.4, -0.2) is 49.1 Å². The molecule has 2 saturated carbocycles. The molecule has 242 valence electrons. The first-order chi connectivity index (χ1) is 22.1. The lowest BCUT2D eigenvalue weighted by atomic mass is 9.81. The highest BCUT2D eigenvalue weighted by molar-refractivity contribution is 7.89. The van der Waals surface area contributed by atoms with Crippen molar-refractivity contribution in [3.63, 3.8) is 0 Å². The minimum absolute atomic E-state index is 0.0350. The van der Waals surface area contributed by atoms with Gasteiger partial charge in [-0.3, -0.25) is 24.6 Å². The molecule has 4 aromatic rings. The first-order valence-electron chi connectivity index (χ1n) is 15.8. The predicted molar refractivity (Wildman–Crippen MR) is 178 cm³/mol. The summed E-state index contributed by atoms with van der Waals surface area (Å²) >= 11 is 0. The van der Waals surface area contributed by atoms with Crippen LogP contribution in [0.5, 0.6) is 0 Å². The maximum absolute atomic E-state index is 13.6. The van der Waals surface area contributed by atoms with E-state index < -0.39 is 16.1 Å². The third kappa shape index (κ3) is 7.24. The van der Waals surface area contributed by atoms with Crippen molar-refractivity contribution < 1.29 is 18.0 Å². The highest BCUT2D eigenvalue weighted by atomic mass is 32.2. The summed E-state index contributed by atoms with van der Waals surface area (Å²) in [6.07, 6.45) is 5.28. The molecule has 3 aromatic carbocycles. The number of carbonyl (C=O) groups is 2. The molecule has 1 heterocycles. The Morgan fingerprint density at radius 3 is 2.35 bits per heavy atom. The highest BCUT2D eigenvalue weighted by Gasteiger charge is 2.30. The molecule has 6 rings (SSSR count). The molecule has 1 aromatic heterocycles. The first-order valence-corrected chi connectivity index (χ1v) is 17.3. The van der Waals surface area contributed by atoms with Crippen molar-refractivity contribution in [3.8, 4) is 11.1 Å². The third-order valence-electron chi connectivity index (χ3n) is 9.14. The normalized spacial score (nSPS) is 19.1. The molecule has 2 aliphatic rings. The molecular weight excluding hydrogens is 604 g/mol. The van der Waals surface area contributed by atoms with Gasteiger partial charge in [0.25, 0.3) is 5.56 Å². The predicted octanol–water partition coefficient (Wildman–Crippen LogP) is 3.70. The Hall–Kier alpha value is -4.26. The van der Waals surface area contributed by atoms with Crippen LogP contribution in [0.15, 0.2) is 70.4 Å². The zero-order valence-electron chi connectivity index (χ0n) is 25.8. The number of aromatic nitrogens is 2. The van der Waals surface area contributed by atoms with Gasteiger partial charge in [-0.15, -0.1) is 0 Å². The molecule has 0 spiro atoms. The maximum atomic E-state index is 13.6. The fourth-order valence-electron chi connectivity index (χ4n) is 6.18. The lowest BCUT2D eigenvalue weighted by Gasteiger charge is -2.28. The Kier molecular flexibility index (Phi) is 9.12. The number of benzene rings is 3. The third-order valence-corrected chi connectivity index (χ3v) is 10.7. The minimum Gasteiger partial charge on any atom is -0.344 e. The molecule has 2 aliphatic carbocycles. The number of carbonyl (C=O) groups excluding carboxylic acids is 2. The van der Waals surface area contributed by atoms with E-state index in [2.05, 4.69) is 25.6 Å². The lowest BCUT2D eigenvalue weighted by molar-refractivity contribution is -0.130. The van der Waals surface area contributed by atoms with Crippen molar-refractivity contribution in [2.24, 2.45) is 17.6 Å². The number of sulfonamides is 1. The topological polar surface area (TPSA) is 179 Å². The number of amides is 2. The summed E-state index contributed by atoms with van der Waals surface area (Å²) in [4.78, 5) is 39.1. The van der Waals surface area contributed by atoms with Crippen LogP contribution in [0.2, 0.25) is 0 Å². The molecule has 0 saturated heterocycles. The molecule has 0 aliphatic heterocycles. The summed E-state index contributed by atoms with van der Waals surface area (Å²) in [6.45, 7) is 2.50. The number of hydrogen-bond donors (Lipinski definition) is 6. The van der Waals surface area contributed by atoms with E-state index in [9.17, 15) is 22.8 Å². The van der Waals surface area contributed by atoms with E-state index in [0.717, 1.165) is 60.8 Å². The number of hydrogen-bond acceptors (Lipinski definition) is 6. The van der Waals surface area contributed by atoms with Gasteiger partial charge in [0.05, 0.1) is 15.8 Å². The van der Waals surface area contributed by atoms with Crippen LogP contribution in [0.3, 0.4) is 0 Å². The van der Waals surface area contributed by atoms with Crippen molar-refractivity contribution >= 4 is 38.4 Å². The fourth-order valence-corrected chi connectivity index (χ4v) is 7.57. The van der Waals surface area contributed by atoms with E-state index in [1.807, 2.05) is 37.3 Å². The Balaban J connectivity index is 1.18. The van der Waals surface area contributed by atoms with E-state index in [1.165, 1.54) is 0 Å². The van der Waals surface area contributed by atoms with Crippen molar-refractivity contribution in [2.75, 3.05) is 11.9 Å². The first kappa shape index (κ1) is 31.7. The van der Waals surface area contributed by atoms with Gasteiger partial charge in [0.2, 0.25) is 21.8 Å². The number of H-pyrrole nitrogens is 2. The van der Waals surface area contributed by atoms with Crippen LogP contribution in [-0.2, 0) is 26.0 Å². The Bertz CT molecular complexity index is 1900. The van der Waals surface area contributed by atoms with Gasteiger partial charge in [-0.25, -0.2) is 13.1 Å². The smallest absolute Gasteiger partial charge is 0.271 e. The van der Waals surface area contributed by atoms with Crippen molar-refractivity contribution in [2.45, 2.75) is 68.8 Å². The van der Waals surface area contributed by atoms with Crippen LogP contribution >= 0.6 is 0 Å². The number of anilines is 1. The summed E-state index contributed by atoms with van der Waals surface area (Å²) in [5, 5.41) is 11.7. The van der Waals surface area contributed by atoms with E-state index in [0.29, 0.717) is 29.1 Å². The van der Waals surface area contributed by atoms with Crippen molar-refractivity contribution in [3.05, 3.63) is 82.1 Å². The molecular formula is C34H40N6O5S. The van der Waals surface area contributed by atoms with Gasteiger partial charge in [-0.2, -0.15) is 0 Å². The summed E-state index contributed by atoms with van der Waals surface area (Å²) in [5.74, 6) is -0.242. The quantitative estimate of drug-likeness (QED) is 0.145. The second-order valence-corrected chi connectivity index (χ2v) is 14.3. The number of aryl methyl sites for hydroxylation is 1. The van der Waals surface area contributed by atoms with Crippen LogP contribution < -0.4 is 26.6 Å². The second kappa shape index (κ2) is 13.2. The molecule has 7 N–H and O–H groups in total. The number of aromatic amines is 2. The van der Waals surface area contributed by atoms with Crippen molar-refractivity contribution in [1.82, 2.24) is 20.2 Å². The zero-order chi connectivity index (χ0) is 32.4. The number of fused-ring (bicyclic) bond motifs is 1. The number of rotatable bonds is 11. The highest BCUT2D eigenvalue weighted by Crippen LogP contribution is 2.30. The van der Waals surface area contributed by atoms with Gasteiger partial charge in [0, 0.05) is 24.1 Å².